The van der Waals surface area contributed by atoms with E-state index in [1.165, 1.54) is 25.7 Å². The quantitative estimate of drug-likeness (QED) is 0.0591. The van der Waals surface area contributed by atoms with Gasteiger partial charge in [-0.15, -0.1) is 0 Å². The first kappa shape index (κ1) is 40.4. The SMILES string of the molecule is CCC/C=C/CC/C=C/CC/C=C/C(O)C(COC1OC(CO)C(O)C(O)C1O)NC(=O)C(O)CCCCCCCCCC. The van der Waals surface area contributed by atoms with Crippen molar-refractivity contribution in [3.05, 3.63) is 36.5 Å². The van der Waals surface area contributed by atoms with Crippen LogP contribution in [-0.4, -0.2) is 98.7 Å². The second-order valence-electron chi connectivity index (χ2n) is 11.7. The molecule has 0 bridgehead atoms. The lowest BCUT2D eigenvalue weighted by Gasteiger charge is -2.40. The van der Waals surface area contributed by atoms with E-state index >= 15 is 0 Å². The zero-order chi connectivity index (χ0) is 32.6. The number of hydrogen-bond acceptors (Lipinski definition) is 9. The van der Waals surface area contributed by atoms with Crippen LogP contribution in [0.5, 0.6) is 0 Å². The molecule has 256 valence electrons. The molecule has 0 aromatic carbocycles. The fraction of sp³-hybridized carbons (Fsp3) is 0.794. The minimum atomic E-state index is -1.61. The molecule has 1 aliphatic rings. The number of unbranched alkanes of at least 4 members (excludes halogenated alkanes) is 10. The number of rotatable bonds is 25. The smallest absolute Gasteiger partial charge is 0.249 e. The molecule has 1 saturated heterocycles. The van der Waals surface area contributed by atoms with E-state index < -0.39 is 61.5 Å². The number of nitrogens with one attached hydrogen (secondary N) is 1. The number of carbonyl (C=O) groups excluding carboxylic acids is 1. The number of aliphatic hydroxyl groups is 6. The number of carbonyl (C=O) groups is 1. The van der Waals surface area contributed by atoms with Crippen LogP contribution in [0.3, 0.4) is 0 Å². The van der Waals surface area contributed by atoms with Crippen LogP contribution in [0.4, 0.5) is 0 Å². The van der Waals surface area contributed by atoms with Gasteiger partial charge in [-0.05, 0) is 38.5 Å². The Bertz CT molecular complexity index is 804. The molecule has 0 spiro atoms. The van der Waals surface area contributed by atoms with Gasteiger partial charge in [-0.2, -0.15) is 0 Å². The van der Waals surface area contributed by atoms with Crippen molar-refractivity contribution in [3.63, 3.8) is 0 Å². The second kappa shape index (κ2) is 25.5. The van der Waals surface area contributed by atoms with E-state index in [1.807, 2.05) is 0 Å². The third-order valence-corrected chi connectivity index (χ3v) is 7.78. The Morgan fingerprint density at radius 3 is 1.93 bits per heavy atom. The Morgan fingerprint density at radius 1 is 0.773 bits per heavy atom. The fourth-order valence-corrected chi connectivity index (χ4v) is 4.90. The predicted octanol–water partition coefficient (Wildman–Crippen LogP) is 3.57. The number of hydrogen-bond donors (Lipinski definition) is 7. The zero-order valence-corrected chi connectivity index (χ0v) is 27.0. The maximum atomic E-state index is 12.8. The summed E-state index contributed by atoms with van der Waals surface area (Å²) in [7, 11) is 0. The lowest BCUT2D eigenvalue weighted by molar-refractivity contribution is -0.302. The summed E-state index contributed by atoms with van der Waals surface area (Å²) in [4.78, 5) is 12.8. The molecule has 0 radical (unpaired) electrons. The number of amides is 1. The summed E-state index contributed by atoms with van der Waals surface area (Å²) < 4.78 is 11.0. The molecule has 10 heteroatoms. The molecule has 1 aliphatic heterocycles. The van der Waals surface area contributed by atoms with Crippen molar-refractivity contribution < 1.29 is 44.9 Å². The number of allylic oxidation sites excluding steroid dienone is 5. The minimum absolute atomic E-state index is 0.299. The van der Waals surface area contributed by atoms with Gasteiger partial charge in [-0.3, -0.25) is 4.79 Å². The highest BCUT2D eigenvalue weighted by Crippen LogP contribution is 2.22. The van der Waals surface area contributed by atoms with E-state index in [1.54, 1.807) is 12.2 Å². The van der Waals surface area contributed by atoms with Crippen molar-refractivity contribution in [2.24, 2.45) is 0 Å². The van der Waals surface area contributed by atoms with Gasteiger partial charge in [0.15, 0.2) is 6.29 Å². The number of ether oxygens (including phenoxy) is 2. The van der Waals surface area contributed by atoms with Crippen LogP contribution >= 0.6 is 0 Å². The molecule has 8 atom stereocenters. The standard InChI is InChI=1S/C34H61NO9/c1-3-5-7-9-11-13-14-15-17-18-20-22-27(37)26(25-43-34-32(41)31(40)30(39)29(24-36)44-34)35-33(42)28(38)23-21-19-16-12-10-8-6-4-2/h7,9,14-15,20,22,26-32,34,36-41H,3-6,8,10-13,16-19,21,23-25H2,1-2H3,(H,35,42)/b9-7+,15-14+,22-20+. The summed E-state index contributed by atoms with van der Waals surface area (Å²) in [6, 6.07) is -0.996. The summed E-state index contributed by atoms with van der Waals surface area (Å²) >= 11 is 0. The molecule has 7 N–H and O–H groups in total. The largest absolute Gasteiger partial charge is 0.394 e. The first-order valence-corrected chi connectivity index (χ1v) is 16.8. The van der Waals surface area contributed by atoms with Gasteiger partial charge >= 0.3 is 0 Å². The molecule has 0 aromatic heterocycles. The first-order valence-electron chi connectivity index (χ1n) is 16.8. The van der Waals surface area contributed by atoms with E-state index in [4.69, 9.17) is 9.47 Å². The fourth-order valence-electron chi connectivity index (χ4n) is 4.90. The van der Waals surface area contributed by atoms with Gasteiger partial charge in [0.2, 0.25) is 5.91 Å². The Hall–Kier alpha value is -1.63. The molecule has 1 fully saturated rings. The van der Waals surface area contributed by atoms with Crippen molar-refractivity contribution in [2.75, 3.05) is 13.2 Å². The lowest BCUT2D eigenvalue weighted by Crippen LogP contribution is -2.60. The van der Waals surface area contributed by atoms with Crippen LogP contribution in [0.25, 0.3) is 0 Å². The van der Waals surface area contributed by atoms with Gasteiger partial charge in [0.1, 0.15) is 30.5 Å². The van der Waals surface area contributed by atoms with Crippen LogP contribution in [0, 0.1) is 0 Å². The maximum Gasteiger partial charge on any atom is 0.249 e. The van der Waals surface area contributed by atoms with Crippen LogP contribution in [0.2, 0.25) is 0 Å². The van der Waals surface area contributed by atoms with Crippen LogP contribution in [0.1, 0.15) is 110 Å². The Balaban J connectivity index is 2.66. The van der Waals surface area contributed by atoms with E-state index in [9.17, 15) is 35.4 Å². The summed E-state index contributed by atoms with van der Waals surface area (Å²) in [6.45, 7) is 3.41. The molecule has 0 aromatic rings. The van der Waals surface area contributed by atoms with Crippen LogP contribution in [-0.2, 0) is 14.3 Å². The van der Waals surface area contributed by atoms with Crippen molar-refractivity contribution in [3.8, 4) is 0 Å². The van der Waals surface area contributed by atoms with E-state index in [0.29, 0.717) is 19.3 Å². The molecule has 1 amide bonds. The highest BCUT2D eigenvalue weighted by atomic mass is 16.7. The van der Waals surface area contributed by atoms with Gasteiger partial charge in [0, 0.05) is 0 Å². The van der Waals surface area contributed by atoms with Gasteiger partial charge in [0.05, 0.1) is 25.4 Å². The van der Waals surface area contributed by atoms with Gasteiger partial charge in [-0.25, -0.2) is 0 Å². The lowest BCUT2D eigenvalue weighted by atomic mass is 9.99. The summed E-state index contributed by atoms with van der Waals surface area (Å²) in [5.74, 6) is -0.640. The van der Waals surface area contributed by atoms with Crippen molar-refractivity contribution in [1.82, 2.24) is 5.32 Å². The molecular formula is C34H61NO9. The monoisotopic (exact) mass is 627 g/mol. The summed E-state index contributed by atoms with van der Waals surface area (Å²) in [5, 5.41) is 63.8. The van der Waals surface area contributed by atoms with E-state index in [0.717, 1.165) is 51.4 Å². The zero-order valence-electron chi connectivity index (χ0n) is 27.0. The van der Waals surface area contributed by atoms with Crippen molar-refractivity contribution in [2.45, 2.75) is 159 Å². The van der Waals surface area contributed by atoms with Crippen molar-refractivity contribution in [1.29, 1.82) is 0 Å². The minimum Gasteiger partial charge on any atom is -0.394 e. The highest BCUT2D eigenvalue weighted by molar-refractivity contribution is 5.80. The van der Waals surface area contributed by atoms with Gasteiger partial charge < -0.3 is 45.4 Å². The van der Waals surface area contributed by atoms with Crippen LogP contribution in [0.15, 0.2) is 36.5 Å². The topological polar surface area (TPSA) is 169 Å². The van der Waals surface area contributed by atoms with Crippen LogP contribution < -0.4 is 5.32 Å². The molecule has 1 heterocycles. The third kappa shape index (κ3) is 17.2. The van der Waals surface area contributed by atoms with Crippen molar-refractivity contribution >= 4 is 5.91 Å². The second-order valence-corrected chi connectivity index (χ2v) is 11.7. The maximum absolute atomic E-state index is 12.8. The molecule has 44 heavy (non-hydrogen) atoms. The van der Waals surface area contributed by atoms with Gasteiger partial charge in [-0.1, -0.05) is 108 Å². The molecule has 8 unspecified atom stereocenters. The molecule has 1 rings (SSSR count). The Kier molecular flexibility index (Phi) is 23.5. The molecular weight excluding hydrogens is 566 g/mol. The normalized spacial score (nSPS) is 24.8. The summed E-state index contributed by atoms with van der Waals surface area (Å²) in [5.41, 5.74) is 0. The first-order chi connectivity index (χ1) is 21.3. The predicted molar refractivity (Wildman–Crippen MR) is 172 cm³/mol. The number of aliphatic hydroxyl groups excluding tert-OH is 6. The third-order valence-electron chi connectivity index (χ3n) is 7.78. The highest BCUT2D eigenvalue weighted by Gasteiger charge is 2.44. The molecule has 10 nitrogen and oxygen atoms in total. The van der Waals surface area contributed by atoms with Gasteiger partial charge in [0.25, 0.3) is 0 Å². The molecule has 0 aliphatic carbocycles. The Labute approximate surface area is 264 Å². The Morgan fingerprint density at radius 2 is 1.34 bits per heavy atom. The van der Waals surface area contributed by atoms with E-state index in [-0.39, 0.29) is 6.61 Å². The average molecular weight is 628 g/mol. The molecule has 0 saturated carbocycles. The average Bonchev–Trinajstić information content (AvgIpc) is 3.02. The van der Waals surface area contributed by atoms with E-state index in [2.05, 4.69) is 43.5 Å². The summed E-state index contributed by atoms with van der Waals surface area (Å²) in [6.07, 6.45) is 16.9.